The van der Waals surface area contributed by atoms with E-state index in [-0.39, 0.29) is 13.2 Å². The standard InChI is InChI=1S/C14H11N3O4S2/c18-11-1-2-12(19)17(16-11)5-13(20)21-6-10-8-23-14(15-10)9-3-4-22-7-9/h1-4,7-8H,5-6H2,(H,16,18). The van der Waals surface area contributed by atoms with E-state index in [0.717, 1.165) is 27.4 Å². The Kier molecular flexibility index (Phi) is 4.49. The summed E-state index contributed by atoms with van der Waals surface area (Å²) in [6.07, 6.45) is 0. The molecule has 3 rings (SSSR count). The predicted molar refractivity (Wildman–Crippen MR) is 86.5 cm³/mol. The average Bonchev–Trinajstić information content (AvgIpc) is 3.19. The van der Waals surface area contributed by atoms with Crippen LogP contribution in [0.3, 0.4) is 0 Å². The number of hydrogen-bond acceptors (Lipinski definition) is 7. The smallest absolute Gasteiger partial charge is 0.328 e. The van der Waals surface area contributed by atoms with Crippen molar-refractivity contribution in [1.82, 2.24) is 14.8 Å². The number of esters is 1. The van der Waals surface area contributed by atoms with Crippen molar-refractivity contribution < 1.29 is 9.53 Å². The van der Waals surface area contributed by atoms with E-state index in [1.54, 1.807) is 11.3 Å². The molecule has 0 saturated carbocycles. The highest BCUT2D eigenvalue weighted by Gasteiger charge is 2.10. The van der Waals surface area contributed by atoms with Crippen LogP contribution >= 0.6 is 22.7 Å². The summed E-state index contributed by atoms with van der Waals surface area (Å²) in [6, 6.07) is 4.17. The minimum atomic E-state index is -0.626. The molecule has 23 heavy (non-hydrogen) atoms. The Labute approximate surface area is 137 Å². The van der Waals surface area contributed by atoms with Crippen molar-refractivity contribution in [2.45, 2.75) is 13.2 Å². The van der Waals surface area contributed by atoms with Gasteiger partial charge in [0, 0.05) is 28.5 Å². The van der Waals surface area contributed by atoms with Crippen molar-refractivity contribution in [1.29, 1.82) is 0 Å². The largest absolute Gasteiger partial charge is 0.458 e. The fraction of sp³-hybridized carbons (Fsp3) is 0.143. The number of nitrogens with zero attached hydrogens (tertiary/aromatic N) is 2. The van der Waals surface area contributed by atoms with Gasteiger partial charge in [-0.2, -0.15) is 11.3 Å². The molecule has 0 amide bonds. The summed E-state index contributed by atoms with van der Waals surface area (Å²) in [5.74, 6) is -0.626. The van der Waals surface area contributed by atoms with Crippen LogP contribution < -0.4 is 11.1 Å². The molecule has 0 radical (unpaired) electrons. The summed E-state index contributed by atoms with van der Waals surface area (Å²) in [4.78, 5) is 38.8. The summed E-state index contributed by atoms with van der Waals surface area (Å²) in [5, 5.41) is 8.90. The third-order valence-corrected chi connectivity index (χ3v) is 4.50. The van der Waals surface area contributed by atoms with Crippen LogP contribution in [-0.4, -0.2) is 20.7 Å². The van der Waals surface area contributed by atoms with Gasteiger partial charge in [-0.3, -0.25) is 19.5 Å². The number of nitrogens with one attached hydrogen (secondary N) is 1. The zero-order chi connectivity index (χ0) is 16.2. The van der Waals surface area contributed by atoms with Gasteiger partial charge in [0.05, 0.1) is 5.69 Å². The molecule has 0 saturated heterocycles. The number of aromatic nitrogens is 3. The minimum Gasteiger partial charge on any atom is -0.458 e. The summed E-state index contributed by atoms with van der Waals surface area (Å²) in [6.45, 7) is -0.332. The SMILES string of the molecule is O=C(Cn1[nH]c(=O)ccc1=O)OCc1csc(-c2ccsc2)n1. The van der Waals surface area contributed by atoms with Gasteiger partial charge in [-0.25, -0.2) is 9.67 Å². The van der Waals surface area contributed by atoms with E-state index in [1.807, 2.05) is 22.2 Å². The molecule has 0 aromatic carbocycles. The third-order valence-electron chi connectivity index (χ3n) is 2.88. The fourth-order valence-corrected chi connectivity index (χ4v) is 3.32. The topological polar surface area (TPSA) is 94.1 Å². The molecule has 3 heterocycles. The van der Waals surface area contributed by atoms with Gasteiger partial charge < -0.3 is 4.74 Å². The highest BCUT2D eigenvalue weighted by atomic mass is 32.1. The number of carbonyl (C=O) groups excluding carboxylic acids is 1. The lowest BCUT2D eigenvalue weighted by atomic mass is 10.4. The molecule has 0 aliphatic heterocycles. The summed E-state index contributed by atoms with van der Waals surface area (Å²) in [5.41, 5.74) is 0.733. The van der Waals surface area contributed by atoms with Gasteiger partial charge in [0.1, 0.15) is 18.2 Å². The number of thiophene rings is 1. The van der Waals surface area contributed by atoms with Crippen LogP contribution in [0.25, 0.3) is 10.6 Å². The molecule has 7 nitrogen and oxygen atoms in total. The molecule has 3 aromatic heterocycles. The molecule has 0 bridgehead atoms. The zero-order valence-electron chi connectivity index (χ0n) is 11.7. The molecule has 0 spiro atoms. The first-order chi connectivity index (χ1) is 11.1. The van der Waals surface area contributed by atoms with Crippen LogP contribution in [-0.2, 0) is 22.7 Å². The summed E-state index contributed by atoms with van der Waals surface area (Å²) in [7, 11) is 0. The molecule has 0 atom stereocenters. The van der Waals surface area contributed by atoms with Gasteiger partial charge in [0.2, 0.25) is 0 Å². The van der Waals surface area contributed by atoms with Crippen molar-refractivity contribution in [3.05, 3.63) is 60.7 Å². The van der Waals surface area contributed by atoms with Gasteiger partial charge in [0.15, 0.2) is 0 Å². The summed E-state index contributed by atoms with van der Waals surface area (Å²) >= 11 is 3.05. The van der Waals surface area contributed by atoms with Gasteiger partial charge >= 0.3 is 5.97 Å². The minimum absolute atomic E-state index is 0.0191. The van der Waals surface area contributed by atoms with E-state index < -0.39 is 17.1 Å². The van der Waals surface area contributed by atoms with Crippen LogP contribution in [0.2, 0.25) is 0 Å². The van der Waals surface area contributed by atoms with Crippen LogP contribution in [0.4, 0.5) is 0 Å². The Morgan fingerprint density at radius 1 is 1.26 bits per heavy atom. The van der Waals surface area contributed by atoms with Crippen molar-refractivity contribution in [3.63, 3.8) is 0 Å². The van der Waals surface area contributed by atoms with Crippen molar-refractivity contribution in [2.75, 3.05) is 0 Å². The maximum absolute atomic E-state index is 11.8. The first-order valence-corrected chi connectivity index (χ1v) is 8.37. The molecule has 0 aliphatic carbocycles. The maximum atomic E-state index is 11.8. The van der Waals surface area contributed by atoms with Crippen LogP contribution in [0.5, 0.6) is 0 Å². The Hall–Kier alpha value is -2.52. The molecular formula is C14H11N3O4S2. The number of hydrogen-bond donors (Lipinski definition) is 1. The molecule has 1 N–H and O–H groups in total. The Balaban J connectivity index is 1.60. The van der Waals surface area contributed by atoms with E-state index in [0.29, 0.717) is 5.69 Å². The second-order valence-corrected chi connectivity index (χ2v) is 6.19. The van der Waals surface area contributed by atoms with Crippen molar-refractivity contribution in [2.24, 2.45) is 0 Å². The lowest BCUT2D eigenvalue weighted by molar-refractivity contribution is -0.146. The van der Waals surface area contributed by atoms with Crippen LogP contribution in [0.1, 0.15) is 5.69 Å². The molecule has 3 aromatic rings. The number of ether oxygens (including phenoxy) is 1. The summed E-state index contributed by atoms with van der Waals surface area (Å²) < 4.78 is 5.99. The van der Waals surface area contributed by atoms with E-state index in [4.69, 9.17) is 4.74 Å². The van der Waals surface area contributed by atoms with E-state index in [2.05, 4.69) is 10.1 Å². The quantitative estimate of drug-likeness (QED) is 0.704. The van der Waals surface area contributed by atoms with Crippen molar-refractivity contribution >= 4 is 28.6 Å². The number of rotatable bonds is 5. The number of carbonyl (C=O) groups is 1. The number of aromatic amines is 1. The van der Waals surface area contributed by atoms with Gasteiger partial charge in [-0.05, 0) is 11.4 Å². The van der Waals surface area contributed by atoms with Crippen LogP contribution in [0.15, 0.2) is 43.9 Å². The van der Waals surface area contributed by atoms with Crippen molar-refractivity contribution in [3.8, 4) is 10.6 Å². The Morgan fingerprint density at radius 3 is 2.91 bits per heavy atom. The molecule has 0 aliphatic rings. The zero-order valence-corrected chi connectivity index (χ0v) is 13.4. The fourth-order valence-electron chi connectivity index (χ4n) is 1.80. The lowest BCUT2D eigenvalue weighted by Gasteiger charge is -2.05. The molecule has 0 fully saturated rings. The average molecular weight is 349 g/mol. The lowest BCUT2D eigenvalue weighted by Crippen LogP contribution is -2.31. The monoisotopic (exact) mass is 349 g/mol. The van der Waals surface area contributed by atoms with Crippen LogP contribution in [0, 0.1) is 0 Å². The predicted octanol–water partition coefficient (Wildman–Crippen LogP) is 1.47. The molecule has 0 unspecified atom stereocenters. The maximum Gasteiger partial charge on any atom is 0.328 e. The number of H-pyrrole nitrogens is 1. The Morgan fingerprint density at radius 2 is 2.13 bits per heavy atom. The second-order valence-electron chi connectivity index (χ2n) is 4.55. The molecule has 118 valence electrons. The van der Waals surface area contributed by atoms with Gasteiger partial charge in [0.25, 0.3) is 11.1 Å². The van der Waals surface area contributed by atoms with E-state index in [1.165, 1.54) is 11.3 Å². The van der Waals surface area contributed by atoms with Gasteiger partial charge in [-0.15, -0.1) is 11.3 Å². The first-order valence-electron chi connectivity index (χ1n) is 6.54. The number of thiazole rings is 1. The molecular weight excluding hydrogens is 338 g/mol. The second kappa shape index (κ2) is 6.71. The van der Waals surface area contributed by atoms with E-state index >= 15 is 0 Å². The highest BCUT2D eigenvalue weighted by Crippen LogP contribution is 2.25. The first kappa shape index (κ1) is 15.4. The van der Waals surface area contributed by atoms with Gasteiger partial charge in [-0.1, -0.05) is 0 Å². The van der Waals surface area contributed by atoms with E-state index in [9.17, 15) is 14.4 Å². The normalized spacial score (nSPS) is 10.6. The Bertz CT molecular complexity index is 924. The highest BCUT2D eigenvalue weighted by molar-refractivity contribution is 7.14. The third kappa shape index (κ3) is 3.82. The molecule has 9 heteroatoms.